The molecule has 0 heterocycles. The Morgan fingerprint density at radius 2 is 1.88 bits per heavy atom. The Morgan fingerprint density at radius 1 is 1.17 bits per heavy atom. The first-order valence-corrected chi connectivity index (χ1v) is 9.21. The lowest BCUT2D eigenvalue weighted by Gasteiger charge is -2.12. The summed E-state index contributed by atoms with van der Waals surface area (Å²) in [6, 6.07) is 4.80. The van der Waals surface area contributed by atoms with Crippen molar-refractivity contribution in [3.05, 3.63) is 23.8 Å². The van der Waals surface area contributed by atoms with E-state index in [0.29, 0.717) is 30.2 Å². The smallest absolute Gasteiger partial charge is 0.255 e. The van der Waals surface area contributed by atoms with Gasteiger partial charge in [-0.25, -0.2) is 13.1 Å². The minimum atomic E-state index is -3.41. The van der Waals surface area contributed by atoms with Crippen LogP contribution in [0.25, 0.3) is 0 Å². The van der Waals surface area contributed by atoms with Crippen LogP contribution in [0.2, 0.25) is 0 Å². The highest BCUT2D eigenvalue weighted by Crippen LogP contribution is 2.24. The largest absolute Gasteiger partial charge is 0.497 e. The van der Waals surface area contributed by atoms with Crippen LogP contribution in [0, 0.1) is 0 Å². The van der Waals surface area contributed by atoms with Crippen LogP contribution in [-0.2, 0) is 10.0 Å². The van der Waals surface area contributed by atoms with Gasteiger partial charge in [0.15, 0.2) is 0 Å². The van der Waals surface area contributed by atoms with Gasteiger partial charge in [0.05, 0.1) is 52.7 Å². The van der Waals surface area contributed by atoms with Crippen LogP contribution >= 0.6 is 0 Å². The van der Waals surface area contributed by atoms with Crippen LogP contribution in [0.4, 0.5) is 0 Å². The van der Waals surface area contributed by atoms with E-state index in [1.807, 2.05) is 14.1 Å². The van der Waals surface area contributed by atoms with E-state index in [9.17, 15) is 13.2 Å². The highest BCUT2D eigenvalue weighted by molar-refractivity contribution is 7.89. The van der Waals surface area contributed by atoms with Gasteiger partial charge in [0.1, 0.15) is 11.5 Å². The minimum Gasteiger partial charge on any atom is -0.497 e. The van der Waals surface area contributed by atoms with Gasteiger partial charge in [0.25, 0.3) is 5.91 Å². The molecule has 3 N–H and O–H groups in total. The predicted molar refractivity (Wildman–Crippen MR) is 91.3 cm³/mol. The molecule has 0 aliphatic carbocycles. The molecule has 0 aromatic heterocycles. The Labute approximate surface area is 143 Å². The summed E-state index contributed by atoms with van der Waals surface area (Å²) in [5.74, 6) is 0.349. The van der Waals surface area contributed by atoms with E-state index in [0.717, 1.165) is 4.90 Å². The molecule has 0 atom stereocenters. The lowest BCUT2D eigenvalue weighted by Crippen LogP contribution is -3.06. The Bertz CT molecular complexity index is 647. The quantitative estimate of drug-likeness (QED) is 0.472. The molecule has 1 aromatic rings. The molecule has 1 aromatic carbocycles. The summed E-state index contributed by atoms with van der Waals surface area (Å²) in [5.41, 5.74) is 0.319. The molecule has 0 radical (unpaired) electrons. The van der Waals surface area contributed by atoms with Crippen molar-refractivity contribution in [1.29, 1.82) is 0 Å². The molecule has 0 bridgehead atoms. The number of ether oxygens (including phenoxy) is 2. The Hall–Kier alpha value is -1.84. The number of hydrogen-bond acceptors (Lipinski definition) is 5. The average Bonchev–Trinajstić information content (AvgIpc) is 2.53. The number of quaternary nitrogens is 1. The van der Waals surface area contributed by atoms with Crippen molar-refractivity contribution in [2.24, 2.45) is 0 Å². The summed E-state index contributed by atoms with van der Waals surface area (Å²) in [5, 5.41) is 2.58. The van der Waals surface area contributed by atoms with Crippen molar-refractivity contribution in [1.82, 2.24) is 10.0 Å². The van der Waals surface area contributed by atoms with E-state index in [2.05, 4.69) is 10.0 Å². The van der Waals surface area contributed by atoms with Crippen LogP contribution < -0.4 is 24.4 Å². The zero-order valence-corrected chi connectivity index (χ0v) is 15.3. The van der Waals surface area contributed by atoms with Gasteiger partial charge in [-0.1, -0.05) is 0 Å². The average molecular weight is 360 g/mol. The van der Waals surface area contributed by atoms with E-state index >= 15 is 0 Å². The highest BCUT2D eigenvalue weighted by atomic mass is 32.2. The summed E-state index contributed by atoms with van der Waals surface area (Å²) in [4.78, 5) is 13.3. The van der Waals surface area contributed by atoms with E-state index in [-0.39, 0.29) is 12.3 Å². The molecule has 8 nitrogen and oxygen atoms in total. The maximum absolute atomic E-state index is 12.2. The molecule has 0 aliphatic rings. The molecular weight excluding hydrogens is 334 g/mol. The molecule has 1 rings (SSSR count). The molecule has 0 saturated carbocycles. The number of rotatable bonds is 10. The summed E-state index contributed by atoms with van der Waals surface area (Å²) < 4.78 is 36.4. The van der Waals surface area contributed by atoms with Crippen LogP contribution in [0.3, 0.4) is 0 Å². The van der Waals surface area contributed by atoms with Crippen LogP contribution in [-0.4, -0.2) is 68.0 Å². The number of amides is 1. The lowest BCUT2D eigenvalue weighted by molar-refractivity contribution is -0.856. The molecule has 0 unspecified atom stereocenters. The Kier molecular flexibility index (Phi) is 7.96. The first-order chi connectivity index (χ1) is 11.3. The fourth-order valence-corrected chi connectivity index (χ4v) is 2.84. The van der Waals surface area contributed by atoms with Gasteiger partial charge >= 0.3 is 0 Å². The maximum atomic E-state index is 12.2. The van der Waals surface area contributed by atoms with Crippen LogP contribution in [0.15, 0.2) is 18.2 Å². The van der Waals surface area contributed by atoms with Crippen molar-refractivity contribution in [3.63, 3.8) is 0 Å². The SMILES string of the molecule is COc1ccc(C(=O)NCCS(=O)(=O)NCC[NH+](C)C)c(OC)c1. The number of sulfonamides is 1. The van der Waals surface area contributed by atoms with Crippen molar-refractivity contribution in [3.8, 4) is 11.5 Å². The zero-order chi connectivity index (χ0) is 18.2. The second-order valence-corrected chi connectivity index (χ2v) is 7.42. The number of benzene rings is 1. The third-order valence-electron chi connectivity index (χ3n) is 3.26. The van der Waals surface area contributed by atoms with Crippen LogP contribution in [0.5, 0.6) is 11.5 Å². The van der Waals surface area contributed by atoms with Gasteiger partial charge in [-0.05, 0) is 12.1 Å². The third-order valence-corrected chi connectivity index (χ3v) is 4.64. The van der Waals surface area contributed by atoms with Gasteiger partial charge < -0.3 is 19.7 Å². The molecular formula is C15H26N3O5S+. The van der Waals surface area contributed by atoms with E-state index in [1.54, 1.807) is 18.2 Å². The van der Waals surface area contributed by atoms with E-state index < -0.39 is 15.9 Å². The minimum absolute atomic E-state index is 0.0121. The molecule has 0 spiro atoms. The van der Waals surface area contributed by atoms with Gasteiger partial charge in [0, 0.05) is 12.6 Å². The monoisotopic (exact) mass is 360 g/mol. The van der Waals surface area contributed by atoms with Crippen molar-refractivity contribution in [2.75, 3.05) is 53.7 Å². The van der Waals surface area contributed by atoms with Gasteiger partial charge in [-0.3, -0.25) is 4.79 Å². The summed E-state index contributed by atoms with van der Waals surface area (Å²) in [6.45, 7) is 1.07. The molecule has 24 heavy (non-hydrogen) atoms. The molecule has 0 saturated heterocycles. The standard InChI is InChI=1S/C15H25N3O5S/c1-18(2)9-7-17-24(20,21)10-8-16-15(19)13-6-5-12(22-3)11-14(13)23-4/h5-6,11,17H,7-10H2,1-4H3,(H,16,19)/p+1. The molecule has 136 valence electrons. The molecule has 0 aliphatic heterocycles. The summed E-state index contributed by atoms with van der Waals surface area (Å²) >= 11 is 0. The normalized spacial score (nSPS) is 11.4. The number of carbonyl (C=O) groups is 1. The summed E-state index contributed by atoms with van der Waals surface area (Å²) in [6.07, 6.45) is 0. The number of hydrogen-bond donors (Lipinski definition) is 3. The second-order valence-electron chi connectivity index (χ2n) is 5.49. The van der Waals surface area contributed by atoms with Crippen molar-refractivity contribution < 1.29 is 27.6 Å². The molecule has 1 amide bonds. The first-order valence-electron chi connectivity index (χ1n) is 7.55. The Morgan fingerprint density at radius 3 is 2.46 bits per heavy atom. The van der Waals surface area contributed by atoms with Gasteiger partial charge in [0.2, 0.25) is 10.0 Å². The summed E-state index contributed by atoms with van der Waals surface area (Å²) in [7, 11) is 3.44. The predicted octanol–water partition coefficient (Wildman–Crippen LogP) is -1.50. The van der Waals surface area contributed by atoms with Crippen LogP contribution in [0.1, 0.15) is 10.4 Å². The Balaban J connectivity index is 2.54. The van der Waals surface area contributed by atoms with E-state index in [1.165, 1.54) is 14.2 Å². The lowest BCUT2D eigenvalue weighted by atomic mass is 10.2. The van der Waals surface area contributed by atoms with Crippen molar-refractivity contribution >= 4 is 15.9 Å². The van der Waals surface area contributed by atoms with Gasteiger partial charge in [-0.2, -0.15) is 0 Å². The number of carbonyl (C=O) groups excluding carboxylic acids is 1. The first kappa shape index (κ1) is 20.2. The third kappa shape index (κ3) is 6.73. The van der Waals surface area contributed by atoms with Gasteiger partial charge in [-0.15, -0.1) is 0 Å². The zero-order valence-electron chi connectivity index (χ0n) is 14.5. The fourth-order valence-electron chi connectivity index (χ4n) is 1.91. The number of nitrogens with one attached hydrogen (secondary N) is 3. The second kappa shape index (κ2) is 9.45. The number of methoxy groups -OCH3 is 2. The topological polar surface area (TPSA) is 98.2 Å². The molecule has 0 fully saturated rings. The number of likely N-dealkylation sites (N-methyl/N-ethyl adjacent to an activating group) is 1. The molecule has 9 heteroatoms. The van der Waals surface area contributed by atoms with E-state index in [4.69, 9.17) is 9.47 Å². The van der Waals surface area contributed by atoms with Crippen molar-refractivity contribution in [2.45, 2.75) is 0 Å². The highest BCUT2D eigenvalue weighted by Gasteiger charge is 2.15. The fraction of sp³-hybridized carbons (Fsp3) is 0.533. The maximum Gasteiger partial charge on any atom is 0.255 e.